The van der Waals surface area contributed by atoms with Crippen molar-refractivity contribution in [3.05, 3.63) is 60.8 Å². The second-order valence-electron chi connectivity index (χ2n) is 12.8. The maximum atomic E-state index is 12.5. The van der Waals surface area contributed by atoms with E-state index in [4.69, 9.17) is 24.3 Å². The van der Waals surface area contributed by atoms with Gasteiger partial charge in [0.05, 0.1) is 13.2 Å². The molecule has 0 saturated carbocycles. The minimum Gasteiger partial charge on any atom is -0.462 e. The van der Waals surface area contributed by atoms with Crippen LogP contribution in [0.15, 0.2) is 60.8 Å². The first-order valence-electron chi connectivity index (χ1n) is 19.8. The first-order valence-corrected chi connectivity index (χ1v) is 21.3. The maximum Gasteiger partial charge on any atom is 0.472 e. The number of nitrogens with two attached hydrogens (primary N) is 1. The van der Waals surface area contributed by atoms with Gasteiger partial charge in [-0.1, -0.05) is 132 Å². The minimum atomic E-state index is -4.38. The zero-order valence-electron chi connectivity index (χ0n) is 32.1. The number of esters is 2. The number of ether oxygens (including phenoxy) is 2. The van der Waals surface area contributed by atoms with Crippen LogP contribution in [-0.4, -0.2) is 49.3 Å². The first kappa shape index (κ1) is 48.7. The second kappa shape index (κ2) is 37.5. The topological polar surface area (TPSA) is 134 Å². The van der Waals surface area contributed by atoms with Crippen LogP contribution < -0.4 is 5.73 Å². The van der Waals surface area contributed by atoms with E-state index in [-0.39, 0.29) is 32.6 Å². The van der Waals surface area contributed by atoms with Gasteiger partial charge in [0.2, 0.25) is 0 Å². The Labute approximate surface area is 310 Å². The van der Waals surface area contributed by atoms with Crippen LogP contribution in [0.3, 0.4) is 0 Å². The molecule has 0 aromatic heterocycles. The number of carbonyl (C=O) groups is 2. The summed E-state index contributed by atoms with van der Waals surface area (Å²) in [5, 5.41) is 0. The molecule has 3 N–H and O–H groups in total. The van der Waals surface area contributed by atoms with Crippen LogP contribution in [0.2, 0.25) is 0 Å². The molecule has 0 bridgehead atoms. The van der Waals surface area contributed by atoms with Crippen LogP contribution in [0.5, 0.6) is 0 Å². The van der Waals surface area contributed by atoms with E-state index >= 15 is 0 Å². The largest absolute Gasteiger partial charge is 0.472 e. The summed E-state index contributed by atoms with van der Waals surface area (Å²) < 4.78 is 32.7. The molecule has 0 radical (unpaired) electrons. The van der Waals surface area contributed by atoms with E-state index in [2.05, 4.69) is 74.6 Å². The fraction of sp³-hybridized carbons (Fsp3) is 0.707. The predicted molar refractivity (Wildman–Crippen MR) is 210 cm³/mol. The summed E-state index contributed by atoms with van der Waals surface area (Å²) in [6.07, 6.45) is 42.5. The molecule has 0 aliphatic rings. The Kier molecular flexibility index (Phi) is 35.8. The summed E-state index contributed by atoms with van der Waals surface area (Å²) in [5.41, 5.74) is 5.33. The van der Waals surface area contributed by atoms with Crippen molar-refractivity contribution in [2.24, 2.45) is 5.73 Å². The Morgan fingerprint density at radius 2 is 1.08 bits per heavy atom. The smallest absolute Gasteiger partial charge is 0.462 e. The Morgan fingerprint density at radius 1 is 0.608 bits per heavy atom. The number of hydrogen-bond acceptors (Lipinski definition) is 8. The third-order valence-electron chi connectivity index (χ3n) is 7.87. The van der Waals surface area contributed by atoms with Crippen molar-refractivity contribution in [3.8, 4) is 0 Å². The fourth-order valence-corrected chi connectivity index (χ4v) is 5.74. The molecule has 0 aromatic rings. The Bertz CT molecular complexity index is 1020. The highest BCUT2D eigenvalue weighted by Gasteiger charge is 2.25. The zero-order chi connectivity index (χ0) is 37.5. The number of carbonyl (C=O) groups excluding carboxylic acids is 2. The predicted octanol–water partition coefficient (Wildman–Crippen LogP) is 10.9. The molecule has 0 aliphatic carbocycles. The summed E-state index contributed by atoms with van der Waals surface area (Å²) >= 11 is 0. The van der Waals surface area contributed by atoms with Crippen LogP contribution in [-0.2, 0) is 32.7 Å². The van der Waals surface area contributed by atoms with Gasteiger partial charge in [-0.2, -0.15) is 0 Å². The maximum absolute atomic E-state index is 12.5. The molecule has 0 heterocycles. The number of hydrogen-bond donors (Lipinski definition) is 2. The Morgan fingerprint density at radius 3 is 1.61 bits per heavy atom. The molecule has 0 spiro atoms. The van der Waals surface area contributed by atoms with E-state index in [1.807, 2.05) is 0 Å². The Balaban J connectivity index is 4.24. The van der Waals surface area contributed by atoms with Gasteiger partial charge in [-0.25, -0.2) is 4.57 Å². The van der Waals surface area contributed by atoms with E-state index in [1.165, 1.54) is 25.7 Å². The molecular formula is C41H72NO8P. The van der Waals surface area contributed by atoms with Gasteiger partial charge in [0.1, 0.15) is 6.61 Å². The van der Waals surface area contributed by atoms with Gasteiger partial charge in [0, 0.05) is 19.4 Å². The molecule has 0 rings (SSSR count). The van der Waals surface area contributed by atoms with Crippen LogP contribution >= 0.6 is 7.82 Å². The molecule has 2 atom stereocenters. The molecule has 51 heavy (non-hydrogen) atoms. The summed E-state index contributed by atoms with van der Waals surface area (Å²) in [4.78, 5) is 34.8. The Hall–Kier alpha value is -2.29. The average Bonchev–Trinajstić information content (AvgIpc) is 3.11. The van der Waals surface area contributed by atoms with Crippen LogP contribution in [0.1, 0.15) is 155 Å². The molecule has 0 fully saturated rings. The number of unbranched alkanes of at least 4 members (excludes halogenated alkanes) is 13. The molecule has 0 aromatic carbocycles. The quantitative estimate of drug-likeness (QED) is 0.0279. The van der Waals surface area contributed by atoms with Crippen molar-refractivity contribution in [3.63, 3.8) is 0 Å². The van der Waals surface area contributed by atoms with Crippen molar-refractivity contribution in [2.45, 2.75) is 161 Å². The number of rotatable bonds is 36. The standard InChI is InChI=1S/C41H72NO8P/c1-3-5-7-9-11-13-15-17-18-19-20-22-24-26-28-30-32-34-41(44)50-39(38-49-51(45,46)48-36-35-42)37-47-40(43)33-31-29-27-25-23-21-16-14-12-10-8-6-4-2/h5,7-8,10-11,13-14,16-18,39H,3-4,6,9,12,15,19-38,42H2,1-2H3,(H,45,46)/b7-5-,10-8-,13-11-,16-14-,18-17-. The van der Waals surface area contributed by atoms with Gasteiger partial charge in [0.25, 0.3) is 0 Å². The minimum absolute atomic E-state index is 0.0468. The van der Waals surface area contributed by atoms with Crippen LogP contribution in [0.4, 0.5) is 0 Å². The van der Waals surface area contributed by atoms with Gasteiger partial charge in [-0.15, -0.1) is 0 Å². The lowest BCUT2D eigenvalue weighted by molar-refractivity contribution is -0.161. The van der Waals surface area contributed by atoms with Crippen molar-refractivity contribution in [1.82, 2.24) is 0 Å². The molecule has 9 nitrogen and oxygen atoms in total. The highest BCUT2D eigenvalue weighted by molar-refractivity contribution is 7.47. The highest BCUT2D eigenvalue weighted by Crippen LogP contribution is 2.43. The summed E-state index contributed by atoms with van der Waals surface area (Å²) in [6.45, 7) is 3.51. The van der Waals surface area contributed by atoms with E-state index in [0.29, 0.717) is 12.8 Å². The second-order valence-corrected chi connectivity index (χ2v) is 14.2. The van der Waals surface area contributed by atoms with E-state index < -0.39 is 32.5 Å². The van der Waals surface area contributed by atoms with Crippen molar-refractivity contribution in [2.75, 3.05) is 26.4 Å². The number of phosphoric acid groups is 1. The van der Waals surface area contributed by atoms with E-state index in [9.17, 15) is 19.0 Å². The fourth-order valence-electron chi connectivity index (χ4n) is 4.98. The summed E-state index contributed by atoms with van der Waals surface area (Å²) in [6, 6.07) is 0. The van der Waals surface area contributed by atoms with Crippen LogP contribution in [0.25, 0.3) is 0 Å². The number of allylic oxidation sites excluding steroid dienone is 10. The van der Waals surface area contributed by atoms with Gasteiger partial charge in [-0.3, -0.25) is 18.6 Å². The van der Waals surface area contributed by atoms with E-state index in [1.54, 1.807) is 0 Å². The van der Waals surface area contributed by atoms with Crippen LogP contribution in [0, 0.1) is 0 Å². The monoisotopic (exact) mass is 737 g/mol. The van der Waals surface area contributed by atoms with E-state index in [0.717, 1.165) is 89.9 Å². The molecular weight excluding hydrogens is 665 g/mol. The SMILES string of the molecule is CC/C=C\C/C=C\C/C=C\CCCCCCCCCC(=O)OC(COC(=O)CCCCCCC/C=C\C/C=C\CCC)COP(=O)(O)OCCN. The molecule has 10 heteroatoms. The van der Waals surface area contributed by atoms with Crippen molar-refractivity contribution >= 4 is 19.8 Å². The van der Waals surface area contributed by atoms with Gasteiger partial charge >= 0.3 is 19.8 Å². The molecule has 0 amide bonds. The number of phosphoric ester groups is 1. The molecule has 0 aliphatic heterocycles. The normalized spacial score (nSPS) is 14.0. The average molecular weight is 738 g/mol. The zero-order valence-corrected chi connectivity index (χ0v) is 33.0. The third-order valence-corrected chi connectivity index (χ3v) is 8.85. The lowest BCUT2D eigenvalue weighted by Gasteiger charge is -2.19. The summed E-state index contributed by atoms with van der Waals surface area (Å²) in [7, 11) is -4.38. The molecule has 2 unspecified atom stereocenters. The van der Waals surface area contributed by atoms with Gasteiger partial charge in [0.15, 0.2) is 6.10 Å². The van der Waals surface area contributed by atoms with Gasteiger partial charge in [-0.05, 0) is 70.6 Å². The highest BCUT2D eigenvalue weighted by atomic mass is 31.2. The third kappa shape index (κ3) is 37.3. The van der Waals surface area contributed by atoms with Crippen molar-refractivity contribution in [1.29, 1.82) is 0 Å². The van der Waals surface area contributed by atoms with Gasteiger partial charge < -0.3 is 20.1 Å². The first-order chi connectivity index (χ1) is 24.8. The molecule has 0 saturated heterocycles. The summed E-state index contributed by atoms with van der Waals surface area (Å²) in [5.74, 6) is -0.863. The van der Waals surface area contributed by atoms with Crippen molar-refractivity contribution < 1.29 is 37.6 Å². The lowest BCUT2D eigenvalue weighted by Crippen LogP contribution is -2.29. The lowest BCUT2D eigenvalue weighted by atomic mass is 10.1. The molecule has 294 valence electrons.